The second-order valence-electron chi connectivity index (χ2n) is 5.30. The summed E-state index contributed by atoms with van der Waals surface area (Å²) in [6, 6.07) is 13.4. The van der Waals surface area contributed by atoms with Gasteiger partial charge >= 0.3 is 0 Å². The Labute approximate surface area is 124 Å². The Bertz CT molecular complexity index is 680. The maximum Gasteiger partial charge on any atom is 0.255 e. The predicted molar refractivity (Wildman–Crippen MR) is 82.1 cm³/mol. The summed E-state index contributed by atoms with van der Waals surface area (Å²) in [6.45, 7) is 2.66. The van der Waals surface area contributed by atoms with Crippen LogP contribution < -0.4 is 10.5 Å². The van der Waals surface area contributed by atoms with Crippen molar-refractivity contribution in [3.05, 3.63) is 59.2 Å². The van der Waals surface area contributed by atoms with E-state index in [0.29, 0.717) is 12.2 Å². The number of nitrogens with zero attached hydrogens (tertiary/aromatic N) is 1. The van der Waals surface area contributed by atoms with Crippen LogP contribution in [0.25, 0.3) is 0 Å². The number of benzene rings is 2. The van der Waals surface area contributed by atoms with Gasteiger partial charge in [0.05, 0.1) is 13.2 Å². The summed E-state index contributed by atoms with van der Waals surface area (Å²) in [6.07, 6.45) is 0. The largest absolute Gasteiger partial charge is 0.497 e. The second kappa shape index (κ2) is 5.13. The third kappa shape index (κ3) is 2.33. The summed E-state index contributed by atoms with van der Waals surface area (Å²) in [7, 11) is 1.64. The monoisotopic (exact) mass is 282 g/mol. The van der Waals surface area contributed by atoms with Crippen molar-refractivity contribution in [3.63, 3.8) is 0 Å². The van der Waals surface area contributed by atoms with Crippen molar-refractivity contribution in [2.24, 2.45) is 0 Å². The second-order valence-corrected chi connectivity index (χ2v) is 5.30. The van der Waals surface area contributed by atoms with Crippen LogP contribution in [0, 0.1) is 0 Å². The molecule has 0 saturated heterocycles. The van der Waals surface area contributed by atoms with Crippen molar-refractivity contribution in [2.75, 3.05) is 12.8 Å². The minimum Gasteiger partial charge on any atom is -0.497 e. The van der Waals surface area contributed by atoms with Crippen molar-refractivity contribution in [3.8, 4) is 5.75 Å². The number of carbonyl (C=O) groups excluding carboxylic acids is 1. The van der Waals surface area contributed by atoms with E-state index in [4.69, 9.17) is 10.5 Å². The zero-order valence-electron chi connectivity index (χ0n) is 12.2. The first kappa shape index (κ1) is 13.5. The molecule has 1 aliphatic rings. The number of nitrogens with two attached hydrogens (primary N) is 1. The highest BCUT2D eigenvalue weighted by molar-refractivity contribution is 5.99. The molecule has 108 valence electrons. The van der Waals surface area contributed by atoms with Crippen molar-refractivity contribution in [1.29, 1.82) is 0 Å². The van der Waals surface area contributed by atoms with Gasteiger partial charge in [0.25, 0.3) is 5.91 Å². The smallest absolute Gasteiger partial charge is 0.255 e. The molecule has 1 atom stereocenters. The Hall–Kier alpha value is -2.49. The Morgan fingerprint density at radius 1 is 1.19 bits per heavy atom. The van der Waals surface area contributed by atoms with Crippen LogP contribution >= 0.6 is 0 Å². The molecular weight excluding hydrogens is 264 g/mol. The molecule has 2 N–H and O–H groups in total. The van der Waals surface area contributed by atoms with Gasteiger partial charge in [-0.3, -0.25) is 4.79 Å². The molecule has 0 radical (unpaired) electrons. The molecular formula is C17H18N2O2. The summed E-state index contributed by atoms with van der Waals surface area (Å²) in [5, 5.41) is 0. The van der Waals surface area contributed by atoms with Crippen LogP contribution in [-0.4, -0.2) is 17.9 Å². The van der Waals surface area contributed by atoms with Crippen molar-refractivity contribution in [2.45, 2.75) is 19.5 Å². The fourth-order valence-electron chi connectivity index (χ4n) is 2.72. The van der Waals surface area contributed by atoms with E-state index in [0.717, 1.165) is 22.4 Å². The van der Waals surface area contributed by atoms with Crippen LogP contribution in [0.3, 0.4) is 0 Å². The molecule has 1 heterocycles. The number of anilines is 1. The van der Waals surface area contributed by atoms with Gasteiger partial charge in [0, 0.05) is 17.8 Å². The van der Waals surface area contributed by atoms with E-state index in [1.807, 2.05) is 48.2 Å². The van der Waals surface area contributed by atoms with Crippen molar-refractivity contribution >= 4 is 11.6 Å². The minimum atomic E-state index is 0.0111. The molecule has 0 aliphatic carbocycles. The van der Waals surface area contributed by atoms with Crippen LogP contribution in [0.1, 0.15) is 34.5 Å². The lowest BCUT2D eigenvalue weighted by Crippen LogP contribution is -2.27. The molecule has 0 aromatic heterocycles. The van der Waals surface area contributed by atoms with Gasteiger partial charge in [-0.25, -0.2) is 0 Å². The van der Waals surface area contributed by atoms with Gasteiger partial charge in [-0.1, -0.05) is 18.2 Å². The van der Waals surface area contributed by atoms with E-state index in [1.54, 1.807) is 13.2 Å². The Morgan fingerprint density at radius 3 is 2.57 bits per heavy atom. The highest BCUT2D eigenvalue weighted by atomic mass is 16.5. The van der Waals surface area contributed by atoms with Crippen LogP contribution in [0.4, 0.5) is 5.69 Å². The quantitative estimate of drug-likeness (QED) is 0.880. The summed E-state index contributed by atoms with van der Waals surface area (Å²) < 4.78 is 5.16. The molecule has 2 aromatic rings. The molecule has 4 nitrogen and oxygen atoms in total. The number of nitrogen functional groups attached to an aromatic ring is 1. The van der Waals surface area contributed by atoms with Gasteiger partial charge in [0.2, 0.25) is 0 Å². The van der Waals surface area contributed by atoms with E-state index >= 15 is 0 Å². The Morgan fingerprint density at radius 2 is 1.90 bits per heavy atom. The van der Waals surface area contributed by atoms with Crippen molar-refractivity contribution in [1.82, 2.24) is 4.90 Å². The molecule has 2 aromatic carbocycles. The first-order chi connectivity index (χ1) is 10.1. The lowest BCUT2D eigenvalue weighted by atomic mass is 10.1. The Balaban J connectivity index is 1.86. The van der Waals surface area contributed by atoms with Crippen LogP contribution in [0.5, 0.6) is 5.75 Å². The average molecular weight is 282 g/mol. The van der Waals surface area contributed by atoms with Gasteiger partial charge in [-0.2, -0.15) is 0 Å². The molecule has 0 bridgehead atoms. The van der Waals surface area contributed by atoms with Crippen molar-refractivity contribution < 1.29 is 9.53 Å². The van der Waals surface area contributed by atoms with Gasteiger partial charge in [0.1, 0.15) is 5.75 Å². The van der Waals surface area contributed by atoms with Gasteiger partial charge in [0.15, 0.2) is 0 Å². The molecule has 21 heavy (non-hydrogen) atoms. The Kier molecular flexibility index (Phi) is 3.29. The van der Waals surface area contributed by atoms with Crippen LogP contribution in [0.2, 0.25) is 0 Å². The molecule has 0 spiro atoms. The average Bonchev–Trinajstić information content (AvgIpc) is 2.83. The first-order valence-electron chi connectivity index (χ1n) is 6.93. The lowest BCUT2D eigenvalue weighted by molar-refractivity contribution is 0.0716. The molecule has 1 aliphatic heterocycles. The maximum atomic E-state index is 12.5. The third-order valence-electron chi connectivity index (χ3n) is 4.03. The van der Waals surface area contributed by atoms with E-state index in [2.05, 4.69) is 0 Å². The van der Waals surface area contributed by atoms with E-state index in [-0.39, 0.29) is 11.9 Å². The van der Waals surface area contributed by atoms with Gasteiger partial charge < -0.3 is 15.4 Å². The number of hydrogen-bond donors (Lipinski definition) is 1. The highest BCUT2D eigenvalue weighted by Crippen LogP contribution is 2.32. The first-order valence-corrected chi connectivity index (χ1v) is 6.93. The number of hydrogen-bond acceptors (Lipinski definition) is 3. The highest BCUT2D eigenvalue weighted by Gasteiger charge is 2.31. The summed E-state index contributed by atoms with van der Waals surface area (Å²) in [5.74, 6) is 0.857. The maximum absolute atomic E-state index is 12.5. The molecule has 1 unspecified atom stereocenters. The third-order valence-corrected chi connectivity index (χ3v) is 4.03. The van der Waals surface area contributed by atoms with E-state index < -0.39 is 0 Å². The number of ether oxygens (including phenoxy) is 1. The molecule has 1 amide bonds. The number of carbonyl (C=O) groups is 1. The lowest BCUT2D eigenvalue weighted by Gasteiger charge is -2.24. The zero-order valence-corrected chi connectivity index (χ0v) is 12.2. The number of methoxy groups -OCH3 is 1. The molecule has 3 rings (SSSR count). The minimum absolute atomic E-state index is 0.0111. The molecule has 0 saturated carbocycles. The van der Waals surface area contributed by atoms with Crippen LogP contribution in [0.15, 0.2) is 42.5 Å². The number of amides is 1. The normalized spacial score (nSPS) is 15.0. The SMILES string of the molecule is COc1ccc(C(C)N2Cc3ccc(N)cc3C2=O)cc1. The molecule has 0 fully saturated rings. The summed E-state index contributed by atoms with van der Waals surface area (Å²) >= 11 is 0. The predicted octanol–water partition coefficient (Wildman–Crippen LogP) is 2.99. The number of rotatable bonds is 3. The van der Waals surface area contributed by atoms with E-state index in [9.17, 15) is 4.79 Å². The fourth-order valence-corrected chi connectivity index (χ4v) is 2.72. The number of fused-ring (bicyclic) bond motifs is 1. The topological polar surface area (TPSA) is 55.6 Å². The standard InChI is InChI=1S/C17H18N2O2/c1-11(12-4-7-15(21-2)8-5-12)19-10-13-3-6-14(18)9-16(13)17(19)20/h3-9,11H,10,18H2,1-2H3. The van der Waals surface area contributed by atoms with E-state index in [1.165, 1.54) is 0 Å². The zero-order chi connectivity index (χ0) is 15.0. The van der Waals surface area contributed by atoms with Gasteiger partial charge in [-0.05, 0) is 42.3 Å². The fraction of sp³-hybridized carbons (Fsp3) is 0.235. The summed E-state index contributed by atoms with van der Waals surface area (Å²) in [4.78, 5) is 14.4. The summed E-state index contributed by atoms with van der Waals surface area (Å²) in [5.41, 5.74) is 9.24. The molecule has 4 heteroatoms. The van der Waals surface area contributed by atoms with Crippen LogP contribution in [-0.2, 0) is 6.54 Å². The van der Waals surface area contributed by atoms with Gasteiger partial charge in [-0.15, -0.1) is 0 Å².